The maximum absolute atomic E-state index is 15.0. The minimum absolute atomic E-state index is 0.0650. The highest BCUT2D eigenvalue weighted by Crippen LogP contribution is 2.60. The molecule has 9 heteroatoms. The molecule has 0 aliphatic heterocycles. The first kappa shape index (κ1) is 30.0. The lowest BCUT2D eigenvalue weighted by Gasteiger charge is -2.53. The molecular formula is C37H36N2O7. The number of ether oxygens (including phenoxy) is 2. The van der Waals surface area contributed by atoms with Gasteiger partial charge >= 0.3 is 0 Å². The molecule has 236 valence electrons. The van der Waals surface area contributed by atoms with Crippen LogP contribution < -0.4 is 9.47 Å². The third-order valence-electron chi connectivity index (χ3n) is 10.7. The highest BCUT2D eigenvalue weighted by atomic mass is 16.5. The number of hydrogen-bond acceptors (Lipinski definition) is 9. The monoisotopic (exact) mass is 620 g/mol. The number of ketones is 3. The second-order valence-electron chi connectivity index (χ2n) is 13.0. The second-order valence-corrected chi connectivity index (χ2v) is 13.0. The summed E-state index contributed by atoms with van der Waals surface area (Å²) < 4.78 is 17.8. The number of Topliss-reactive ketones (excluding diaryl/α,β-unsaturated/α-hetero) is 3. The number of benzene rings is 3. The number of carbonyl (C=O) groups is 4. The van der Waals surface area contributed by atoms with Gasteiger partial charge in [-0.3, -0.25) is 24.1 Å². The smallest absolute Gasteiger partial charge is 0.265 e. The van der Waals surface area contributed by atoms with Crippen LogP contribution in [0.4, 0.5) is 0 Å². The molecule has 4 aromatic rings. The van der Waals surface area contributed by atoms with Crippen molar-refractivity contribution in [1.29, 1.82) is 0 Å². The van der Waals surface area contributed by atoms with Gasteiger partial charge in [0.05, 0.1) is 24.5 Å². The largest absolute Gasteiger partial charge is 0.496 e. The minimum atomic E-state index is -1.45. The molecule has 5 unspecified atom stereocenters. The molecule has 46 heavy (non-hydrogen) atoms. The lowest BCUT2D eigenvalue weighted by molar-refractivity contribution is -0.142. The maximum atomic E-state index is 15.0. The molecule has 1 aromatic heterocycles. The molecule has 1 saturated carbocycles. The summed E-state index contributed by atoms with van der Waals surface area (Å²) in [6.07, 6.45) is 1.92. The van der Waals surface area contributed by atoms with Crippen molar-refractivity contribution < 1.29 is 33.2 Å². The summed E-state index contributed by atoms with van der Waals surface area (Å²) in [6, 6.07) is 14.4. The Hall–Kier alpha value is -4.63. The Labute approximate surface area is 266 Å². The summed E-state index contributed by atoms with van der Waals surface area (Å²) in [5, 5.41) is 5.74. The Morgan fingerprint density at radius 1 is 1.07 bits per heavy atom. The number of aromatic nitrogens is 1. The molecule has 0 N–H and O–H groups in total. The number of hydrogen-bond donors (Lipinski definition) is 0. The van der Waals surface area contributed by atoms with Crippen LogP contribution in [0, 0.1) is 30.1 Å². The van der Waals surface area contributed by atoms with Crippen molar-refractivity contribution in [3.05, 3.63) is 87.7 Å². The maximum Gasteiger partial charge on any atom is 0.265 e. The van der Waals surface area contributed by atoms with E-state index < -0.39 is 23.3 Å². The fourth-order valence-corrected chi connectivity index (χ4v) is 8.63. The normalized spacial score (nSPS) is 25.1. The molecule has 9 nitrogen and oxygen atoms in total. The van der Waals surface area contributed by atoms with E-state index in [2.05, 4.69) is 5.16 Å². The Morgan fingerprint density at radius 3 is 2.50 bits per heavy atom. The van der Waals surface area contributed by atoms with Crippen LogP contribution in [0.3, 0.4) is 0 Å². The van der Waals surface area contributed by atoms with Crippen molar-refractivity contribution in [2.75, 3.05) is 21.2 Å². The third-order valence-corrected chi connectivity index (χ3v) is 10.7. The van der Waals surface area contributed by atoms with Crippen molar-refractivity contribution in [2.45, 2.75) is 45.8 Å². The summed E-state index contributed by atoms with van der Waals surface area (Å²) in [5.74, 6) is -1.72. The van der Waals surface area contributed by atoms with E-state index in [-0.39, 0.29) is 47.7 Å². The van der Waals surface area contributed by atoms with Crippen LogP contribution in [0.2, 0.25) is 0 Å². The predicted octanol–water partition coefficient (Wildman–Crippen LogP) is 5.99. The molecule has 1 heterocycles. The van der Waals surface area contributed by atoms with Crippen molar-refractivity contribution in [2.24, 2.45) is 23.2 Å². The predicted molar refractivity (Wildman–Crippen MR) is 170 cm³/mol. The fourth-order valence-electron chi connectivity index (χ4n) is 8.63. The summed E-state index contributed by atoms with van der Waals surface area (Å²) >= 11 is 0. The van der Waals surface area contributed by atoms with Gasteiger partial charge in [-0.25, -0.2) is 0 Å². The Kier molecular flexibility index (Phi) is 7.20. The van der Waals surface area contributed by atoms with Gasteiger partial charge in [0.15, 0.2) is 23.1 Å². The zero-order valence-electron chi connectivity index (χ0n) is 26.6. The molecule has 0 saturated heterocycles. The van der Waals surface area contributed by atoms with Gasteiger partial charge in [-0.05, 0) is 80.0 Å². The van der Waals surface area contributed by atoms with E-state index in [9.17, 15) is 19.2 Å². The number of methoxy groups -OCH3 is 1. The Balaban J connectivity index is 1.36. The van der Waals surface area contributed by atoms with Gasteiger partial charge in [0, 0.05) is 28.0 Å². The summed E-state index contributed by atoms with van der Waals surface area (Å²) in [6.45, 7) is 3.88. The van der Waals surface area contributed by atoms with E-state index in [4.69, 9.17) is 14.0 Å². The highest BCUT2D eigenvalue weighted by Gasteiger charge is 2.66. The summed E-state index contributed by atoms with van der Waals surface area (Å²) in [5.41, 5.74) is 2.05. The lowest BCUT2D eigenvalue weighted by Crippen LogP contribution is -2.61. The van der Waals surface area contributed by atoms with Gasteiger partial charge in [-0.15, -0.1) is 0 Å². The minimum Gasteiger partial charge on any atom is -0.496 e. The lowest BCUT2D eigenvalue weighted by atomic mass is 9.48. The number of aryl methyl sites for hydroxylation is 1. The topological polar surface area (TPSA) is 116 Å². The van der Waals surface area contributed by atoms with E-state index >= 15 is 0 Å². The van der Waals surface area contributed by atoms with Crippen LogP contribution in [0.15, 0.2) is 53.1 Å². The molecule has 7 rings (SSSR count). The van der Waals surface area contributed by atoms with Gasteiger partial charge < -0.3 is 14.0 Å². The van der Waals surface area contributed by atoms with Crippen LogP contribution in [0.25, 0.3) is 10.8 Å². The summed E-state index contributed by atoms with van der Waals surface area (Å²) in [4.78, 5) is 57.9. The summed E-state index contributed by atoms with van der Waals surface area (Å²) in [7, 11) is 5.39. The van der Waals surface area contributed by atoms with Crippen molar-refractivity contribution in [3.63, 3.8) is 0 Å². The Morgan fingerprint density at radius 2 is 1.83 bits per heavy atom. The van der Waals surface area contributed by atoms with Gasteiger partial charge in [0.25, 0.3) is 5.88 Å². The van der Waals surface area contributed by atoms with E-state index in [1.807, 2.05) is 69.2 Å². The van der Waals surface area contributed by atoms with Crippen molar-refractivity contribution in [3.8, 4) is 11.6 Å². The number of carbonyl (C=O) groups excluding carboxylic acids is 4. The molecule has 0 spiro atoms. The number of nitrogens with zero attached hydrogens (tertiary/aromatic N) is 2. The van der Waals surface area contributed by atoms with E-state index in [1.165, 1.54) is 0 Å². The van der Waals surface area contributed by atoms with Crippen LogP contribution in [-0.4, -0.2) is 54.9 Å². The third kappa shape index (κ3) is 4.07. The molecule has 3 aliphatic carbocycles. The van der Waals surface area contributed by atoms with Gasteiger partial charge in [-0.2, -0.15) is 0 Å². The number of fused-ring (bicyclic) bond motifs is 5. The first-order valence-electron chi connectivity index (χ1n) is 15.7. The van der Waals surface area contributed by atoms with Gasteiger partial charge in [0.1, 0.15) is 24.2 Å². The van der Waals surface area contributed by atoms with Crippen LogP contribution in [0.5, 0.6) is 11.6 Å². The number of rotatable bonds is 7. The molecule has 5 atom stereocenters. The van der Waals surface area contributed by atoms with Crippen LogP contribution in [-0.2, 0) is 17.8 Å². The standard InChI is InChI=1S/C37H36N2O7/c1-6-37-26(30(39(3)4)33-29(35(37)43)36(38-46-33)45-18-20-10-8-7-9-11-20)16-22-15-25-27(31(41)28(22)34(37)42)19(2)24-14-21(17-40)12-13-23(24)32(25)44-5/h7-14,17,22,26,28,30H,6,15-16,18H2,1-5H3. The average molecular weight is 621 g/mol. The van der Waals surface area contributed by atoms with Crippen LogP contribution >= 0.6 is 0 Å². The van der Waals surface area contributed by atoms with E-state index in [0.29, 0.717) is 41.0 Å². The zero-order chi connectivity index (χ0) is 32.5. The molecule has 0 bridgehead atoms. The van der Waals surface area contributed by atoms with E-state index in [1.54, 1.807) is 19.2 Å². The van der Waals surface area contributed by atoms with E-state index in [0.717, 1.165) is 28.2 Å². The second kappa shape index (κ2) is 11.0. The molecular weight excluding hydrogens is 584 g/mol. The SMILES string of the molecule is CCC12C(=O)c3c(OCc4ccccc4)noc3C(N(C)C)C1CC1Cc3c(c(C)c4cc(C=O)ccc4c3OC)C(=O)C1C2=O. The van der Waals surface area contributed by atoms with Crippen molar-refractivity contribution in [1.82, 2.24) is 10.1 Å². The average Bonchev–Trinajstić information content (AvgIpc) is 3.48. The molecule has 1 fully saturated rings. The first-order chi connectivity index (χ1) is 22.2. The van der Waals surface area contributed by atoms with Crippen molar-refractivity contribution >= 4 is 34.4 Å². The molecule has 0 radical (unpaired) electrons. The quantitative estimate of drug-likeness (QED) is 0.181. The molecule has 3 aliphatic rings. The zero-order valence-corrected chi connectivity index (χ0v) is 26.6. The highest BCUT2D eigenvalue weighted by molar-refractivity contribution is 6.25. The Bertz CT molecular complexity index is 1930. The van der Waals surface area contributed by atoms with Crippen LogP contribution in [0.1, 0.15) is 79.3 Å². The van der Waals surface area contributed by atoms with Gasteiger partial charge in [-0.1, -0.05) is 43.3 Å². The number of aldehydes is 1. The molecule has 3 aromatic carbocycles. The first-order valence-corrected chi connectivity index (χ1v) is 15.7. The van der Waals surface area contributed by atoms with Gasteiger partial charge in [0.2, 0.25) is 0 Å². The fraction of sp³-hybridized carbons (Fsp3) is 0.378. The molecule has 0 amide bonds.